The Balaban J connectivity index is 1.58. The summed E-state index contributed by atoms with van der Waals surface area (Å²) < 4.78 is 7.85. The van der Waals surface area contributed by atoms with Crippen molar-refractivity contribution in [3.63, 3.8) is 0 Å². The maximum Gasteiger partial charge on any atom is 0.274 e. The summed E-state index contributed by atoms with van der Waals surface area (Å²) in [6, 6.07) is 14.2. The summed E-state index contributed by atoms with van der Waals surface area (Å²) in [4.78, 5) is 20.6. The Morgan fingerprint density at radius 3 is 2.78 bits per heavy atom. The van der Waals surface area contributed by atoms with Gasteiger partial charge < -0.3 is 9.64 Å². The van der Waals surface area contributed by atoms with E-state index in [4.69, 9.17) is 4.74 Å². The van der Waals surface area contributed by atoms with Gasteiger partial charge in [-0.05, 0) is 48.4 Å². The number of aryl methyl sites for hydroxylation is 1. The summed E-state index contributed by atoms with van der Waals surface area (Å²) in [7, 11) is 0. The summed E-state index contributed by atoms with van der Waals surface area (Å²) in [5.74, 6) is 0. The quantitative estimate of drug-likeness (QED) is 0.539. The molecular weight excluding hydrogens is 358 g/mol. The van der Waals surface area contributed by atoms with Crippen LogP contribution < -0.4 is 15.0 Å². The third kappa shape index (κ3) is 2.81. The van der Waals surface area contributed by atoms with Crippen molar-refractivity contribution in [3.05, 3.63) is 68.5 Å². The van der Waals surface area contributed by atoms with Crippen molar-refractivity contribution in [2.45, 2.75) is 6.92 Å². The number of thiazole rings is 1. The van der Waals surface area contributed by atoms with Gasteiger partial charge in [0.1, 0.15) is 0 Å². The molecule has 1 saturated heterocycles. The van der Waals surface area contributed by atoms with E-state index in [1.165, 1.54) is 17.0 Å². The number of morpholine rings is 1. The molecule has 1 aliphatic heterocycles. The highest BCUT2D eigenvalue weighted by atomic mass is 32.1. The monoisotopic (exact) mass is 377 g/mol. The highest BCUT2D eigenvalue weighted by Gasteiger charge is 2.13. The molecule has 1 aliphatic rings. The van der Waals surface area contributed by atoms with E-state index >= 15 is 0 Å². The van der Waals surface area contributed by atoms with Crippen molar-refractivity contribution in [3.8, 4) is 0 Å². The summed E-state index contributed by atoms with van der Waals surface area (Å²) in [6.07, 6.45) is 1.98. The molecule has 1 fully saturated rings. The lowest BCUT2D eigenvalue weighted by atomic mass is 10.1. The number of aromatic nitrogens is 2. The first-order valence-electron chi connectivity index (χ1n) is 9.06. The molecule has 6 heteroatoms. The normalized spacial score (nSPS) is 15.9. The first-order valence-corrected chi connectivity index (χ1v) is 9.87. The van der Waals surface area contributed by atoms with Crippen molar-refractivity contribution in [2.24, 2.45) is 0 Å². The maximum atomic E-state index is 12.9. The van der Waals surface area contributed by atoms with Crippen LogP contribution in [0.2, 0.25) is 0 Å². The average Bonchev–Trinajstić information content (AvgIpc) is 3.20. The molecule has 2 aromatic carbocycles. The number of rotatable bonds is 2. The van der Waals surface area contributed by atoms with Gasteiger partial charge in [-0.25, -0.2) is 9.38 Å². The molecule has 0 atom stereocenters. The highest BCUT2D eigenvalue weighted by molar-refractivity contribution is 7.15. The highest BCUT2D eigenvalue weighted by Crippen LogP contribution is 2.21. The zero-order valence-electron chi connectivity index (χ0n) is 15.0. The number of benzene rings is 2. The molecule has 27 heavy (non-hydrogen) atoms. The predicted octanol–water partition coefficient (Wildman–Crippen LogP) is 2.60. The Labute approximate surface area is 160 Å². The molecule has 0 radical (unpaired) electrons. The SMILES string of the molecule is Cc1cc(N2CCOCC2)ccc1C=c1sc2nc3ccccc3n2c1=O. The van der Waals surface area contributed by atoms with Crippen LogP contribution in [0.15, 0.2) is 47.3 Å². The fraction of sp³-hybridized carbons (Fsp3) is 0.238. The molecule has 5 nitrogen and oxygen atoms in total. The van der Waals surface area contributed by atoms with Crippen molar-refractivity contribution >= 4 is 39.1 Å². The second-order valence-corrected chi connectivity index (χ2v) is 7.78. The van der Waals surface area contributed by atoms with E-state index in [-0.39, 0.29) is 5.56 Å². The minimum Gasteiger partial charge on any atom is -0.378 e. The van der Waals surface area contributed by atoms with Crippen LogP contribution >= 0.6 is 11.3 Å². The van der Waals surface area contributed by atoms with Gasteiger partial charge in [0.15, 0.2) is 4.96 Å². The van der Waals surface area contributed by atoms with Gasteiger partial charge in [-0.15, -0.1) is 0 Å². The summed E-state index contributed by atoms with van der Waals surface area (Å²) >= 11 is 1.44. The van der Waals surface area contributed by atoms with E-state index < -0.39 is 0 Å². The Morgan fingerprint density at radius 1 is 1.15 bits per heavy atom. The number of fused-ring (bicyclic) bond motifs is 3. The van der Waals surface area contributed by atoms with Gasteiger partial charge >= 0.3 is 0 Å². The number of ether oxygens (including phenoxy) is 1. The number of hydrogen-bond acceptors (Lipinski definition) is 5. The lowest BCUT2D eigenvalue weighted by molar-refractivity contribution is 0.122. The summed E-state index contributed by atoms with van der Waals surface area (Å²) in [5, 5.41) is 0. The van der Waals surface area contributed by atoms with Gasteiger partial charge in [-0.1, -0.05) is 29.5 Å². The standard InChI is InChI=1S/C21H19N3O2S/c1-14-12-16(23-8-10-26-11-9-23)7-6-15(14)13-19-20(25)24-18-5-3-2-4-17(18)22-21(24)27-19/h2-7,12-13H,8-11H2,1H3. The maximum absolute atomic E-state index is 12.9. The zero-order valence-corrected chi connectivity index (χ0v) is 15.8. The van der Waals surface area contributed by atoms with Crippen LogP contribution in [0.3, 0.4) is 0 Å². The van der Waals surface area contributed by atoms with Gasteiger partial charge in [0.05, 0.1) is 28.8 Å². The van der Waals surface area contributed by atoms with Crippen LogP contribution in [0.1, 0.15) is 11.1 Å². The van der Waals surface area contributed by atoms with E-state index in [1.807, 2.05) is 30.3 Å². The van der Waals surface area contributed by atoms with Crippen molar-refractivity contribution in [2.75, 3.05) is 31.2 Å². The fourth-order valence-electron chi connectivity index (χ4n) is 3.59. The number of imidazole rings is 1. The molecule has 0 N–H and O–H groups in total. The lowest BCUT2D eigenvalue weighted by Gasteiger charge is -2.29. The fourth-order valence-corrected chi connectivity index (χ4v) is 4.57. The molecule has 5 rings (SSSR count). The number of para-hydroxylation sites is 2. The van der Waals surface area contributed by atoms with E-state index in [2.05, 4.69) is 35.0 Å². The van der Waals surface area contributed by atoms with Gasteiger partial charge in [0, 0.05) is 18.8 Å². The average molecular weight is 377 g/mol. The topological polar surface area (TPSA) is 46.8 Å². The summed E-state index contributed by atoms with van der Waals surface area (Å²) in [5.41, 5.74) is 5.17. The van der Waals surface area contributed by atoms with Crippen LogP contribution in [-0.2, 0) is 4.74 Å². The molecule has 2 aromatic heterocycles. The second kappa shape index (κ2) is 6.48. The molecular formula is C21H19N3O2S. The smallest absolute Gasteiger partial charge is 0.274 e. The number of anilines is 1. The van der Waals surface area contributed by atoms with Gasteiger partial charge in [0.2, 0.25) is 0 Å². The van der Waals surface area contributed by atoms with E-state index in [0.29, 0.717) is 4.53 Å². The molecule has 0 aliphatic carbocycles. The van der Waals surface area contributed by atoms with E-state index in [0.717, 1.165) is 53.4 Å². The van der Waals surface area contributed by atoms with Crippen molar-refractivity contribution in [1.29, 1.82) is 0 Å². The minimum atomic E-state index is 0.000329. The Kier molecular flexibility index (Phi) is 3.95. The Morgan fingerprint density at radius 2 is 1.96 bits per heavy atom. The van der Waals surface area contributed by atoms with Crippen molar-refractivity contribution in [1.82, 2.24) is 9.38 Å². The molecule has 0 unspecified atom stereocenters. The van der Waals surface area contributed by atoms with Crippen LogP contribution in [0.5, 0.6) is 0 Å². The van der Waals surface area contributed by atoms with Gasteiger partial charge in [-0.2, -0.15) is 0 Å². The first kappa shape index (κ1) is 16.5. The lowest BCUT2D eigenvalue weighted by Crippen LogP contribution is -2.36. The summed E-state index contributed by atoms with van der Waals surface area (Å²) in [6.45, 7) is 5.48. The third-order valence-corrected chi connectivity index (χ3v) is 6.03. The molecule has 0 bridgehead atoms. The molecule has 136 valence electrons. The van der Waals surface area contributed by atoms with Gasteiger partial charge in [0.25, 0.3) is 5.56 Å². The molecule has 0 amide bonds. The third-order valence-electron chi connectivity index (χ3n) is 5.06. The minimum absolute atomic E-state index is 0.000329. The molecule has 0 spiro atoms. The molecule has 0 saturated carbocycles. The molecule has 4 aromatic rings. The Hall–Kier alpha value is -2.70. The zero-order chi connectivity index (χ0) is 18.4. The van der Waals surface area contributed by atoms with Gasteiger partial charge in [-0.3, -0.25) is 4.79 Å². The Bertz CT molecular complexity index is 1250. The van der Waals surface area contributed by atoms with Crippen LogP contribution in [-0.4, -0.2) is 35.7 Å². The first-order chi connectivity index (χ1) is 13.2. The predicted molar refractivity (Wildman–Crippen MR) is 110 cm³/mol. The largest absolute Gasteiger partial charge is 0.378 e. The van der Waals surface area contributed by atoms with Crippen LogP contribution in [0.4, 0.5) is 5.69 Å². The number of hydrogen-bond donors (Lipinski definition) is 0. The van der Waals surface area contributed by atoms with E-state index in [1.54, 1.807) is 4.40 Å². The van der Waals surface area contributed by atoms with E-state index in [9.17, 15) is 4.79 Å². The number of nitrogens with zero attached hydrogens (tertiary/aromatic N) is 3. The van der Waals surface area contributed by atoms with Crippen LogP contribution in [0, 0.1) is 6.92 Å². The second-order valence-electron chi connectivity index (χ2n) is 6.77. The van der Waals surface area contributed by atoms with Crippen LogP contribution in [0.25, 0.3) is 22.1 Å². The van der Waals surface area contributed by atoms with Crippen molar-refractivity contribution < 1.29 is 4.74 Å². The molecule has 3 heterocycles.